The van der Waals surface area contributed by atoms with Crippen molar-refractivity contribution in [2.75, 3.05) is 0 Å². The van der Waals surface area contributed by atoms with Crippen LogP contribution in [0.5, 0.6) is 0 Å². The molecular formula is C31H34GeO2Sn. The number of rotatable bonds is 7. The Hall–Kier alpha value is -2.31. The van der Waals surface area contributed by atoms with Gasteiger partial charge < -0.3 is 0 Å². The predicted molar refractivity (Wildman–Crippen MR) is 151 cm³/mol. The third-order valence-corrected chi connectivity index (χ3v) is 17.2. The van der Waals surface area contributed by atoms with Crippen LogP contribution in [0.2, 0.25) is 14.8 Å². The molecule has 0 N–H and O–H groups in total. The summed E-state index contributed by atoms with van der Waals surface area (Å²) in [6, 6.07) is 39.8. The molecule has 0 aliphatic heterocycles. The monoisotopic (exact) mass is 632 g/mol. The van der Waals surface area contributed by atoms with Crippen LogP contribution in [0.15, 0.2) is 115 Å². The first-order valence-electron chi connectivity index (χ1n) is 12.1. The third kappa shape index (κ3) is 6.89. The molecule has 4 heteroatoms. The molecule has 0 aromatic heterocycles. The fourth-order valence-corrected chi connectivity index (χ4v) is 16.3. The summed E-state index contributed by atoms with van der Waals surface area (Å²) < 4.78 is 3.56. The molecule has 0 heterocycles. The zero-order valence-electron chi connectivity index (χ0n) is 21.1. The van der Waals surface area contributed by atoms with Crippen LogP contribution in [0, 0.1) is 6.92 Å². The van der Waals surface area contributed by atoms with Crippen molar-refractivity contribution >= 4 is 52.2 Å². The molecule has 0 bridgehead atoms. The van der Waals surface area contributed by atoms with Gasteiger partial charge >= 0.3 is 221 Å². The molecule has 0 saturated heterocycles. The Labute approximate surface area is 220 Å². The maximum absolute atomic E-state index is 12.1. The molecule has 4 rings (SSSR count). The molecule has 0 radical (unpaired) electrons. The van der Waals surface area contributed by atoms with E-state index < -0.39 is 39.0 Å². The number of carboxylic acid groups (broad SMARTS) is 1. The topological polar surface area (TPSA) is 40.1 Å². The molecule has 1 atom stereocenters. The van der Waals surface area contributed by atoms with Gasteiger partial charge in [0.25, 0.3) is 0 Å². The molecule has 0 aliphatic carbocycles. The summed E-state index contributed by atoms with van der Waals surface area (Å²) in [5.41, 5.74) is 2.22. The zero-order valence-corrected chi connectivity index (χ0v) is 26.0. The van der Waals surface area contributed by atoms with Crippen molar-refractivity contribution < 1.29 is 9.90 Å². The molecule has 0 aliphatic rings. The Morgan fingerprint density at radius 2 is 1.03 bits per heavy atom. The summed E-state index contributed by atoms with van der Waals surface area (Å²) in [6.45, 7) is 2.05. The molecule has 178 valence electrons. The second-order valence-electron chi connectivity index (χ2n) is 9.45. The van der Waals surface area contributed by atoms with Gasteiger partial charge in [0.2, 0.25) is 0 Å². The van der Waals surface area contributed by atoms with Crippen molar-refractivity contribution in [2.45, 2.75) is 32.9 Å². The number of benzene rings is 4. The molecule has 2 nitrogen and oxygen atoms in total. The zero-order chi connectivity index (χ0) is 25.3. The van der Waals surface area contributed by atoms with Gasteiger partial charge in [0.1, 0.15) is 0 Å². The number of aliphatic carboxylic acids is 1. The van der Waals surface area contributed by atoms with E-state index in [1.165, 1.54) is 13.2 Å². The van der Waals surface area contributed by atoms with Crippen molar-refractivity contribution in [2.24, 2.45) is 0 Å². The fraction of sp³-hybridized carbons (Fsp3) is 0.194. The first-order chi connectivity index (χ1) is 16.9. The molecule has 35 heavy (non-hydrogen) atoms. The fourth-order valence-electron chi connectivity index (χ4n) is 4.69. The summed E-state index contributed by atoms with van der Waals surface area (Å²) in [6.07, 6.45) is -0.0122. The van der Waals surface area contributed by atoms with Crippen LogP contribution in [0.25, 0.3) is 0 Å². The van der Waals surface area contributed by atoms with Crippen LogP contribution in [-0.2, 0) is 4.79 Å². The van der Waals surface area contributed by atoms with E-state index in [2.05, 4.69) is 119 Å². The summed E-state index contributed by atoms with van der Waals surface area (Å²) in [4.78, 5) is 19.2. The van der Waals surface area contributed by atoms with E-state index in [-0.39, 0.29) is 11.2 Å². The van der Waals surface area contributed by atoms with Gasteiger partial charge in [0.15, 0.2) is 0 Å². The Morgan fingerprint density at radius 3 is 1.34 bits per heavy atom. The number of carbonyl (C=O) groups excluding carboxylic acids is 1. The van der Waals surface area contributed by atoms with Gasteiger partial charge in [0.05, 0.1) is 0 Å². The van der Waals surface area contributed by atoms with Gasteiger partial charge in [0, 0.05) is 0 Å². The van der Waals surface area contributed by atoms with E-state index in [1.54, 1.807) is 0 Å². The van der Waals surface area contributed by atoms with Crippen LogP contribution in [-0.4, -0.2) is 39.0 Å². The summed E-state index contributed by atoms with van der Waals surface area (Å²) in [7, 11) is 0. The van der Waals surface area contributed by atoms with Gasteiger partial charge in [-0.3, -0.25) is 0 Å². The van der Waals surface area contributed by atoms with E-state index in [0.717, 1.165) is 11.1 Å². The molecule has 1 unspecified atom stereocenters. The van der Waals surface area contributed by atoms with E-state index in [0.29, 0.717) is 0 Å². The van der Waals surface area contributed by atoms with Crippen molar-refractivity contribution in [3.05, 3.63) is 126 Å². The number of aryl methyl sites for hydroxylation is 1. The summed E-state index contributed by atoms with van der Waals surface area (Å²) >= 11 is -4.07. The molecule has 0 amide bonds. The molecule has 0 spiro atoms. The average Bonchev–Trinajstić information content (AvgIpc) is 2.86. The molecular weight excluding hydrogens is 596 g/mol. The third-order valence-electron chi connectivity index (χ3n) is 6.06. The Bertz CT molecular complexity index is 1080. The summed E-state index contributed by atoms with van der Waals surface area (Å²) in [5.74, 6) is -1.01. The van der Waals surface area contributed by atoms with Crippen molar-refractivity contribution in [3.63, 3.8) is 0 Å². The van der Waals surface area contributed by atoms with Crippen molar-refractivity contribution in [1.29, 1.82) is 0 Å². The molecule has 0 fully saturated rings. The standard InChI is InChI=1S/C28H26GeO2.3CH3.Sn/c1-22-17-19-23(20-18-22)27(21-28(30)31)29(24-11-5-2-6-12-24,25-13-7-3-8-14-25)26-15-9-4-10-16-26;;;;/h2-20,27H,21H2,1H3,(H,30,31);3*1H3;/q;;;;+1/p-1. The van der Waals surface area contributed by atoms with E-state index in [1.807, 2.05) is 18.2 Å². The van der Waals surface area contributed by atoms with E-state index in [9.17, 15) is 9.90 Å². The Morgan fingerprint density at radius 1 is 0.686 bits per heavy atom. The predicted octanol–water partition coefficient (Wildman–Crippen LogP) is 4.30. The van der Waals surface area contributed by atoms with Gasteiger partial charge in [-0.25, -0.2) is 0 Å². The van der Waals surface area contributed by atoms with Gasteiger partial charge in [-0.1, -0.05) is 0 Å². The number of carbonyl (C=O) groups is 1. The molecule has 4 aromatic carbocycles. The van der Waals surface area contributed by atoms with Crippen LogP contribution in [0.1, 0.15) is 22.3 Å². The van der Waals surface area contributed by atoms with E-state index in [4.69, 9.17) is 0 Å². The molecule has 4 aromatic rings. The second-order valence-corrected chi connectivity index (χ2v) is 26.5. The van der Waals surface area contributed by atoms with Gasteiger partial charge in [-0.05, 0) is 0 Å². The maximum atomic E-state index is 12.1. The minimum absolute atomic E-state index is 0.0122. The van der Waals surface area contributed by atoms with Gasteiger partial charge in [-0.15, -0.1) is 0 Å². The second kappa shape index (κ2) is 13.1. The van der Waals surface area contributed by atoms with Crippen LogP contribution in [0.4, 0.5) is 0 Å². The Balaban J connectivity index is 0.000000795. The SMILES string of the molecule is Cc1ccc([CH](CC(=O)[O-])[Ge]([c]2ccccc2)([c]2ccccc2)[c]2ccccc2)cc1.[CH3][Sn+]([CH3])[CH3]. The number of carboxylic acids is 1. The normalized spacial score (nSPS) is 11.7. The van der Waals surface area contributed by atoms with Crippen LogP contribution >= 0.6 is 0 Å². The Kier molecular flexibility index (Phi) is 10.2. The van der Waals surface area contributed by atoms with E-state index >= 15 is 0 Å². The van der Waals surface area contributed by atoms with Crippen molar-refractivity contribution in [1.82, 2.24) is 0 Å². The van der Waals surface area contributed by atoms with Crippen LogP contribution in [0.3, 0.4) is 0 Å². The first-order valence-corrected chi connectivity index (χ1v) is 25.0. The van der Waals surface area contributed by atoms with Crippen LogP contribution < -0.4 is 18.3 Å². The first kappa shape index (κ1) is 27.3. The number of hydrogen-bond acceptors (Lipinski definition) is 2. The minimum atomic E-state index is -3.53. The average molecular weight is 630 g/mol. The number of hydrogen-bond donors (Lipinski definition) is 0. The van der Waals surface area contributed by atoms with Gasteiger partial charge in [-0.2, -0.15) is 0 Å². The quantitative estimate of drug-likeness (QED) is 0.286. The summed E-state index contributed by atoms with van der Waals surface area (Å²) in [5, 5.41) is 12.1. The van der Waals surface area contributed by atoms with Crippen molar-refractivity contribution in [3.8, 4) is 0 Å². The molecule has 0 saturated carbocycles.